The van der Waals surface area contributed by atoms with E-state index >= 15 is 0 Å². The van der Waals surface area contributed by atoms with Gasteiger partial charge in [-0.15, -0.1) is 0 Å². The smallest absolute Gasteiger partial charge is 0.123 e. The van der Waals surface area contributed by atoms with Crippen LogP contribution in [0.3, 0.4) is 0 Å². The lowest BCUT2D eigenvalue weighted by atomic mass is 10.1. The highest BCUT2D eigenvalue weighted by molar-refractivity contribution is 5.19. The maximum absolute atomic E-state index is 13.0. The van der Waals surface area contributed by atoms with Crippen molar-refractivity contribution in [3.63, 3.8) is 0 Å². The van der Waals surface area contributed by atoms with Crippen molar-refractivity contribution in [1.82, 2.24) is 15.1 Å². The van der Waals surface area contributed by atoms with Gasteiger partial charge in [0.25, 0.3) is 0 Å². The Balaban J connectivity index is 1.83. The molecule has 0 amide bonds. The van der Waals surface area contributed by atoms with Gasteiger partial charge in [0, 0.05) is 25.0 Å². The molecule has 1 N–H and O–H groups in total. The second kappa shape index (κ2) is 5.59. The Bertz CT molecular complexity index is 453. The Morgan fingerprint density at radius 2 is 2.29 bits per heavy atom. The van der Waals surface area contributed by atoms with Crippen LogP contribution in [0.1, 0.15) is 18.5 Å². The number of hydrogen-bond donors (Lipinski definition) is 1. The predicted octanol–water partition coefficient (Wildman–Crippen LogP) is 2.37. The summed E-state index contributed by atoms with van der Waals surface area (Å²) in [6.07, 6.45) is 3.69. The van der Waals surface area contributed by atoms with Crippen LogP contribution in [0.25, 0.3) is 0 Å². The maximum Gasteiger partial charge on any atom is 0.123 e. The van der Waals surface area contributed by atoms with Gasteiger partial charge in [0.05, 0.1) is 6.54 Å². The van der Waals surface area contributed by atoms with Crippen LogP contribution >= 0.6 is 0 Å². The minimum Gasteiger partial charge on any atom is -0.308 e. The molecule has 0 unspecified atom stereocenters. The van der Waals surface area contributed by atoms with E-state index in [9.17, 15) is 4.39 Å². The van der Waals surface area contributed by atoms with Crippen molar-refractivity contribution in [3.8, 4) is 0 Å². The van der Waals surface area contributed by atoms with Crippen LogP contribution in [0, 0.1) is 5.82 Å². The highest BCUT2D eigenvalue weighted by atomic mass is 19.1. The van der Waals surface area contributed by atoms with Crippen LogP contribution < -0.4 is 5.32 Å². The summed E-state index contributed by atoms with van der Waals surface area (Å²) < 4.78 is 14.9. The molecule has 0 saturated carbocycles. The molecule has 17 heavy (non-hydrogen) atoms. The minimum atomic E-state index is -0.191. The summed E-state index contributed by atoms with van der Waals surface area (Å²) in [5, 5.41) is 7.45. The van der Waals surface area contributed by atoms with Gasteiger partial charge in [0.1, 0.15) is 5.82 Å². The fraction of sp³-hybridized carbons (Fsp3) is 0.308. The normalized spacial score (nSPS) is 12.6. The first-order chi connectivity index (χ1) is 8.25. The molecule has 0 bridgehead atoms. The van der Waals surface area contributed by atoms with E-state index in [1.54, 1.807) is 18.3 Å². The molecule has 1 aromatic heterocycles. The van der Waals surface area contributed by atoms with Crippen LogP contribution in [-0.4, -0.2) is 16.3 Å². The van der Waals surface area contributed by atoms with E-state index in [1.807, 2.05) is 29.9 Å². The molecule has 1 aromatic carbocycles. The van der Waals surface area contributed by atoms with E-state index in [1.165, 1.54) is 6.07 Å². The van der Waals surface area contributed by atoms with Gasteiger partial charge in [-0.25, -0.2) is 4.39 Å². The van der Waals surface area contributed by atoms with Crippen molar-refractivity contribution in [2.75, 3.05) is 6.54 Å². The first-order valence-electron chi connectivity index (χ1n) is 5.72. The molecule has 0 aliphatic heterocycles. The number of hydrogen-bond acceptors (Lipinski definition) is 2. The molecule has 2 rings (SSSR count). The van der Waals surface area contributed by atoms with Crippen LogP contribution in [0.15, 0.2) is 42.7 Å². The number of aromatic nitrogens is 2. The van der Waals surface area contributed by atoms with Crippen LogP contribution in [0.5, 0.6) is 0 Å². The van der Waals surface area contributed by atoms with Crippen molar-refractivity contribution in [2.45, 2.75) is 19.5 Å². The lowest BCUT2D eigenvalue weighted by Crippen LogP contribution is -2.23. The highest BCUT2D eigenvalue weighted by Gasteiger charge is 2.04. The summed E-state index contributed by atoms with van der Waals surface area (Å²) in [7, 11) is 0. The molecule has 0 saturated heterocycles. The lowest BCUT2D eigenvalue weighted by molar-refractivity contribution is 0.505. The van der Waals surface area contributed by atoms with Gasteiger partial charge in [0.2, 0.25) is 0 Å². The number of nitrogens with one attached hydrogen (secondary N) is 1. The largest absolute Gasteiger partial charge is 0.308 e. The summed E-state index contributed by atoms with van der Waals surface area (Å²) in [6, 6.07) is 8.72. The lowest BCUT2D eigenvalue weighted by Gasteiger charge is -2.14. The zero-order valence-electron chi connectivity index (χ0n) is 9.81. The standard InChI is InChI=1S/C13H16FN3/c1-11(12-4-2-5-13(14)10-12)15-7-9-17-8-3-6-16-17/h2-6,8,10-11,15H,7,9H2,1H3/t11-/m0/s1. The second-order valence-corrected chi connectivity index (χ2v) is 4.00. The van der Waals surface area contributed by atoms with Crippen molar-refractivity contribution < 1.29 is 4.39 Å². The number of nitrogens with zero attached hydrogens (tertiary/aromatic N) is 2. The molecule has 0 radical (unpaired) electrons. The third-order valence-corrected chi connectivity index (χ3v) is 2.70. The van der Waals surface area contributed by atoms with Gasteiger partial charge in [-0.1, -0.05) is 12.1 Å². The first kappa shape index (κ1) is 11.8. The average Bonchev–Trinajstić information content (AvgIpc) is 2.82. The molecule has 0 aliphatic rings. The topological polar surface area (TPSA) is 29.9 Å². The molecule has 3 nitrogen and oxygen atoms in total. The molecule has 0 fully saturated rings. The molecule has 1 heterocycles. The highest BCUT2D eigenvalue weighted by Crippen LogP contribution is 2.12. The molecule has 0 spiro atoms. The van der Waals surface area contributed by atoms with Crippen molar-refractivity contribution in [3.05, 3.63) is 54.1 Å². The number of rotatable bonds is 5. The molecule has 1 atom stereocenters. The zero-order valence-corrected chi connectivity index (χ0v) is 9.81. The van der Waals surface area contributed by atoms with Gasteiger partial charge in [-0.05, 0) is 30.7 Å². The quantitative estimate of drug-likeness (QED) is 0.859. The fourth-order valence-electron chi connectivity index (χ4n) is 1.72. The van der Waals surface area contributed by atoms with E-state index in [2.05, 4.69) is 10.4 Å². The Hall–Kier alpha value is -1.68. The Kier molecular flexibility index (Phi) is 3.88. The number of benzene rings is 1. The van der Waals surface area contributed by atoms with E-state index in [0.717, 1.165) is 18.7 Å². The second-order valence-electron chi connectivity index (χ2n) is 4.00. The van der Waals surface area contributed by atoms with Gasteiger partial charge >= 0.3 is 0 Å². The molecule has 4 heteroatoms. The summed E-state index contributed by atoms with van der Waals surface area (Å²) in [4.78, 5) is 0. The Morgan fingerprint density at radius 1 is 1.41 bits per heavy atom. The van der Waals surface area contributed by atoms with Crippen molar-refractivity contribution in [1.29, 1.82) is 0 Å². The SMILES string of the molecule is C[C@H](NCCn1cccn1)c1cccc(F)c1. The van der Waals surface area contributed by atoms with Gasteiger partial charge in [-0.2, -0.15) is 5.10 Å². The Morgan fingerprint density at radius 3 is 3.00 bits per heavy atom. The van der Waals surface area contributed by atoms with E-state index < -0.39 is 0 Å². The molecule has 0 aliphatic carbocycles. The van der Waals surface area contributed by atoms with E-state index in [-0.39, 0.29) is 11.9 Å². The number of halogens is 1. The van der Waals surface area contributed by atoms with Crippen LogP contribution in [0.4, 0.5) is 4.39 Å². The first-order valence-corrected chi connectivity index (χ1v) is 5.72. The molecular formula is C13H16FN3. The van der Waals surface area contributed by atoms with E-state index in [0.29, 0.717) is 0 Å². The monoisotopic (exact) mass is 233 g/mol. The van der Waals surface area contributed by atoms with Crippen molar-refractivity contribution in [2.24, 2.45) is 0 Å². The maximum atomic E-state index is 13.0. The Labute approximate surface area is 100 Å². The summed E-state index contributed by atoms with van der Waals surface area (Å²) in [5.41, 5.74) is 0.963. The van der Waals surface area contributed by atoms with Gasteiger partial charge < -0.3 is 5.32 Å². The van der Waals surface area contributed by atoms with E-state index in [4.69, 9.17) is 0 Å². The van der Waals surface area contributed by atoms with Crippen LogP contribution in [-0.2, 0) is 6.54 Å². The van der Waals surface area contributed by atoms with Gasteiger partial charge in [-0.3, -0.25) is 4.68 Å². The average molecular weight is 233 g/mol. The molecule has 90 valence electrons. The fourth-order valence-corrected chi connectivity index (χ4v) is 1.72. The third-order valence-electron chi connectivity index (χ3n) is 2.70. The molecular weight excluding hydrogens is 217 g/mol. The summed E-state index contributed by atoms with van der Waals surface area (Å²) in [6.45, 7) is 3.64. The van der Waals surface area contributed by atoms with Gasteiger partial charge in [0.15, 0.2) is 0 Å². The third kappa shape index (κ3) is 3.39. The zero-order chi connectivity index (χ0) is 12.1. The van der Waals surface area contributed by atoms with Crippen LogP contribution in [0.2, 0.25) is 0 Å². The molecule has 2 aromatic rings. The summed E-state index contributed by atoms with van der Waals surface area (Å²) in [5.74, 6) is -0.191. The minimum absolute atomic E-state index is 0.140. The predicted molar refractivity (Wildman–Crippen MR) is 65.0 cm³/mol. The summed E-state index contributed by atoms with van der Waals surface area (Å²) >= 11 is 0. The van der Waals surface area contributed by atoms with Crippen molar-refractivity contribution >= 4 is 0 Å².